The maximum Gasteiger partial charge on any atom is 0.272 e. The topological polar surface area (TPSA) is 42.4 Å². The van der Waals surface area contributed by atoms with Crippen molar-refractivity contribution in [1.82, 2.24) is 9.88 Å². The van der Waals surface area contributed by atoms with E-state index in [-0.39, 0.29) is 11.9 Å². The summed E-state index contributed by atoms with van der Waals surface area (Å²) >= 11 is 0. The van der Waals surface area contributed by atoms with Gasteiger partial charge in [-0.25, -0.2) is 4.98 Å². The molecule has 0 aliphatic rings. The zero-order valence-corrected chi connectivity index (χ0v) is 14.1. The molecule has 1 amide bonds. The van der Waals surface area contributed by atoms with Gasteiger partial charge in [-0.2, -0.15) is 0 Å². The summed E-state index contributed by atoms with van der Waals surface area (Å²) < 4.78 is 5.22. The van der Waals surface area contributed by atoms with Gasteiger partial charge in [0.05, 0.1) is 18.7 Å². The molecule has 0 fully saturated rings. The first kappa shape index (κ1) is 16.0. The van der Waals surface area contributed by atoms with Gasteiger partial charge < -0.3 is 9.64 Å². The number of nitrogens with zero attached hydrogens (tertiary/aromatic N) is 2. The van der Waals surface area contributed by atoms with Gasteiger partial charge in [-0.15, -0.1) is 0 Å². The average Bonchev–Trinajstić information content (AvgIpc) is 2.66. The zero-order valence-electron chi connectivity index (χ0n) is 14.1. The number of aromatic nitrogens is 1. The first-order valence-electron chi connectivity index (χ1n) is 7.87. The van der Waals surface area contributed by atoms with Crippen LogP contribution in [0.15, 0.2) is 60.7 Å². The fourth-order valence-corrected chi connectivity index (χ4v) is 2.66. The summed E-state index contributed by atoms with van der Waals surface area (Å²) in [5.74, 6) is 0.683. The van der Waals surface area contributed by atoms with Gasteiger partial charge in [0.25, 0.3) is 5.91 Å². The van der Waals surface area contributed by atoms with Crippen LogP contribution in [0.4, 0.5) is 0 Å². The van der Waals surface area contributed by atoms with E-state index in [1.807, 2.05) is 61.5 Å². The summed E-state index contributed by atoms with van der Waals surface area (Å²) in [7, 11) is 3.44. The lowest BCUT2D eigenvalue weighted by atomic mass is 10.1. The molecule has 1 aromatic heterocycles. The molecule has 1 heterocycles. The van der Waals surface area contributed by atoms with Gasteiger partial charge in [-0.05, 0) is 36.8 Å². The van der Waals surface area contributed by atoms with Crippen LogP contribution in [0.3, 0.4) is 0 Å². The smallest absolute Gasteiger partial charge is 0.272 e. The van der Waals surface area contributed by atoms with Crippen molar-refractivity contribution in [3.05, 3.63) is 71.9 Å². The summed E-state index contributed by atoms with van der Waals surface area (Å²) in [6.07, 6.45) is 0. The average molecular weight is 320 g/mol. The van der Waals surface area contributed by atoms with Crippen LogP contribution in [0, 0.1) is 0 Å². The van der Waals surface area contributed by atoms with Gasteiger partial charge in [0, 0.05) is 12.4 Å². The SMILES string of the molecule is COc1ccc2nc(C(=O)N(C)C(C)c3ccccc3)ccc2c1. The molecule has 0 bridgehead atoms. The number of benzene rings is 2. The van der Waals surface area contributed by atoms with Crippen molar-refractivity contribution in [3.63, 3.8) is 0 Å². The summed E-state index contributed by atoms with van der Waals surface area (Å²) in [4.78, 5) is 19.0. The Balaban J connectivity index is 1.87. The van der Waals surface area contributed by atoms with Crippen molar-refractivity contribution in [3.8, 4) is 5.75 Å². The van der Waals surface area contributed by atoms with Crippen LogP contribution < -0.4 is 4.74 Å². The molecule has 24 heavy (non-hydrogen) atoms. The van der Waals surface area contributed by atoms with Crippen molar-refractivity contribution < 1.29 is 9.53 Å². The van der Waals surface area contributed by atoms with E-state index in [2.05, 4.69) is 4.98 Å². The molecule has 1 atom stereocenters. The van der Waals surface area contributed by atoms with Gasteiger partial charge in [0.15, 0.2) is 0 Å². The minimum atomic E-state index is -0.0935. The van der Waals surface area contributed by atoms with E-state index in [9.17, 15) is 4.79 Å². The number of fused-ring (bicyclic) bond motifs is 1. The minimum Gasteiger partial charge on any atom is -0.497 e. The van der Waals surface area contributed by atoms with Crippen LogP contribution >= 0.6 is 0 Å². The molecule has 0 saturated carbocycles. The number of carbonyl (C=O) groups is 1. The Morgan fingerprint density at radius 3 is 2.54 bits per heavy atom. The molecular weight excluding hydrogens is 300 g/mol. The summed E-state index contributed by atoms with van der Waals surface area (Å²) in [6.45, 7) is 2.01. The molecule has 3 rings (SSSR count). The van der Waals surface area contributed by atoms with E-state index in [1.165, 1.54) is 0 Å². The Morgan fingerprint density at radius 1 is 1.08 bits per heavy atom. The molecule has 122 valence electrons. The van der Waals surface area contributed by atoms with E-state index in [0.29, 0.717) is 5.69 Å². The number of amides is 1. The number of hydrogen-bond acceptors (Lipinski definition) is 3. The van der Waals surface area contributed by atoms with E-state index >= 15 is 0 Å². The van der Waals surface area contributed by atoms with Gasteiger partial charge in [0.2, 0.25) is 0 Å². The predicted octanol–water partition coefficient (Wildman–Crippen LogP) is 4.08. The molecule has 0 aliphatic carbocycles. The Bertz CT molecular complexity index is 862. The largest absolute Gasteiger partial charge is 0.497 e. The maximum atomic E-state index is 12.8. The number of hydrogen-bond donors (Lipinski definition) is 0. The van der Waals surface area contributed by atoms with Gasteiger partial charge >= 0.3 is 0 Å². The Morgan fingerprint density at radius 2 is 1.83 bits per heavy atom. The lowest BCUT2D eigenvalue weighted by Crippen LogP contribution is -2.30. The van der Waals surface area contributed by atoms with Crippen LogP contribution in [0.2, 0.25) is 0 Å². The molecule has 0 aliphatic heterocycles. The number of pyridine rings is 1. The molecule has 2 aromatic carbocycles. The summed E-state index contributed by atoms with van der Waals surface area (Å²) in [5.41, 5.74) is 2.32. The fraction of sp³-hybridized carbons (Fsp3) is 0.200. The molecule has 1 unspecified atom stereocenters. The Kier molecular flexibility index (Phi) is 4.47. The first-order valence-corrected chi connectivity index (χ1v) is 7.87. The van der Waals surface area contributed by atoms with Crippen LogP contribution in [0.1, 0.15) is 29.0 Å². The van der Waals surface area contributed by atoms with Gasteiger partial charge in [-0.1, -0.05) is 36.4 Å². The zero-order chi connectivity index (χ0) is 17.1. The molecule has 4 heteroatoms. The van der Waals surface area contributed by atoms with E-state index in [1.54, 1.807) is 25.1 Å². The third-order valence-electron chi connectivity index (χ3n) is 4.30. The number of rotatable bonds is 4. The molecular formula is C20H20N2O2. The minimum absolute atomic E-state index is 0.0212. The second-order valence-electron chi connectivity index (χ2n) is 5.76. The summed E-state index contributed by atoms with van der Waals surface area (Å²) in [5, 5.41) is 0.949. The second kappa shape index (κ2) is 6.71. The van der Waals surface area contributed by atoms with E-state index in [4.69, 9.17) is 4.74 Å². The lowest BCUT2D eigenvalue weighted by Gasteiger charge is -2.25. The molecule has 4 nitrogen and oxygen atoms in total. The highest BCUT2D eigenvalue weighted by Gasteiger charge is 2.20. The highest BCUT2D eigenvalue weighted by molar-refractivity contribution is 5.95. The molecule has 0 spiro atoms. The van der Waals surface area contributed by atoms with Crippen molar-refractivity contribution in [2.75, 3.05) is 14.2 Å². The van der Waals surface area contributed by atoms with Crippen molar-refractivity contribution >= 4 is 16.8 Å². The van der Waals surface area contributed by atoms with Crippen LogP contribution in [0.25, 0.3) is 10.9 Å². The van der Waals surface area contributed by atoms with Crippen molar-refractivity contribution in [2.24, 2.45) is 0 Å². The second-order valence-corrected chi connectivity index (χ2v) is 5.76. The number of ether oxygens (including phenoxy) is 1. The lowest BCUT2D eigenvalue weighted by molar-refractivity contribution is 0.0737. The van der Waals surface area contributed by atoms with Gasteiger partial charge in [-0.3, -0.25) is 4.79 Å². The first-order chi connectivity index (χ1) is 11.6. The van der Waals surface area contributed by atoms with Gasteiger partial charge in [0.1, 0.15) is 11.4 Å². The number of carbonyl (C=O) groups excluding carboxylic acids is 1. The standard InChI is InChI=1S/C20H20N2O2/c1-14(15-7-5-4-6-8-15)22(2)20(23)19-11-9-16-13-17(24-3)10-12-18(16)21-19/h4-14H,1-3H3. The third-order valence-corrected chi connectivity index (χ3v) is 4.30. The molecule has 3 aromatic rings. The maximum absolute atomic E-state index is 12.8. The van der Waals surface area contributed by atoms with E-state index < -0.39 is 0 Å². The molecule has 0 radical (unpaired) electrons. The Labute approximate surface area is 141 Å². The predicted molar refractivity (Wildman–Crippen MR) is 95.2 cm³/mol. The normalized spacial score (nSPS) is 12.0. The van der Waals surface area contributed by atoms with Crippen LogP contribution in [0.5, 0.6) is 5.75 Å². The van der Waals surface area contributed by atoms with Crippen LogP contribution in [-0.2, 0) is 0 Å². The molecule has 0 saturated heterocycles. The highest BCUT2D eigenvalue weighted by Crippen LogP contribution is 2.22. The Hall–Kier alpha value is -2.88. The third kappa shape index (κ3) is 3.08. The van der Waals surface area contributed by atoms with Crippen molar-refractivity contribution in [1.29, 1.82) is 0 Å². The number of methoxy groups -OCH3 is 1. The fourth-order valence-electron chi connectivity index (χ4n) is 2.66. The van der Waals surface area contributed by atoms with Crippen molar-refractivity contribution in [2.45, 2.75) is 13.0 Å². The highest BCUT2D eigenvalue weighted by atomic mass is 16.5. The summed E-state index contributed by atoms with van der Waals surface area (Å²) in [6, 6.07) is 19.2. The quantitative estimate of drug-likeness (QED) is 0.727. The molecule has 0 N–H and O–H groups in total. The van der Waals surface area contributed by atoms with Crippen LogP contribution in [-0.4, -0.2) is 29.9 Å². The monoisotopic (exact) mass is 320 g/mol. The van der Waals surface area contributed by atoms with E-state index in [0.717, 1.165) is 22.2 Å².